The van der Waals surface area contributed by atoms with Gasteiger partial charge in [0.2, 0.25) is 0 Å². The number of nitrogens with zero attached hydrogens (tertiary/aromatic N) is 1. The first-order valence-electron chi connectivity index (χ1n) is 3.89. The average Bonchev–Trinajstić information content (AvgIpc) is 2.02. The summed E-state index contributed by atoms with van der Waals surface area (Å²) in [5.41, 5.74) is 2.00. The first-order chi connectivity index (χ1) is 6.16. The van der Waals surface area contributed by atoms with E-state index in [0.29, 0.717) is 10.2 Å². The molecular weight excluding hydrogens is 205 g/mol. The van der Waals surface area contributed by atoms with E-state index < -0.39 is 0 Å². The van der Waals surface area contributed by atoms with Gasteiger partial charge in [0.1, 0.15) is 5.15 Å². The third-order valence-electron chi connectivity index (χ3n) is 1.88. The highest BCUT2D eigenvalue weighted by Gasteiger charge is 2.02. The summed E-state index contributed by atoms with van der Waals surface area (Å²) in [6.45, 7) is 2.01. The summed E-state index contributed by atoms with van der Waals surface area (Å²) < 4.78 is 0. The standard InChI is InChI=1S/C10H7Cl2N/c1-6-2-3-7-8(11)5-10(12)13-9(7)4-6/h2-5H,1H3. The van der Waals surface area contributed by atoms with Crippen LogP contribution in [-0.2, 0) is 0 Å². The number of hydrogen-bond acceptors (Lipinski definition) is 1. The van der Waals surface area contributed by atoms with Gasteiger partial charge >= 0.3 is 0 Å². The van der Waals surface area contributed by atoms with Gasteiger partial charge in [0, 0.05) is 5.39 Å². The highest BCUT2D eigenvalue weighted by atomic mass is 35.5. The molecule has 0 radical (unpaired) electrons. The predicted octanol–water partition coefficient (Wildman–Crippen LogP) is 3.85. The lowest BCUT2D eigenvalue weighted by atomic mass is 10.1. The molecule has 0 saturated carbocycles. The van der Waals surface area contributed by atoms with E-state index in [4.69, 9.17) is 23.2 Å². The molecule has 0 aliphatic rings. The Labute approximate surface area is 86.3 Å². The Morgan fingerprint density at radius 2 is 1.92 bits per heavy atom. The van der Waals surface area contributed by atoms with Crippen molar-refractivity contribution in [1.29, 1.82) is 0 Å². The molecule has 0 spiro atoms. The molecule has 0 aliphatic carbocycles. The molecule has 0 unspecified atom stereocenters. The monoisotopic (exact) mass is 211 g/mol. The molecule has 0 N–H and O–H groups in total. The van der Waals surface area contributed by atoms with Crippen molar-refractivity contribution in [1.82, 2.24) is 4.98 Å². The van der Waals surface area contributed by atoms with Crippen molar-refractivity contribution in [2.24, 2.45) is 0 Å². The summed E-state index contributed by atoms with van der Waals surface area (Å²) in [5.74, 6) is 0. The van der Waals surface area contributed by atoms with Gasteiger partial charge in [-0.05, 0) is 24.6 Å². The fourth-order valence-corrected chi connectivity index (χ4v) is 1.78. The smallest absolute Gasteiger partial charge is 0.131 e. The number of aryl methyl sites for hydroxylation is 1. The summed E-state index contributed by atoms with van der Waals surface area (Å²) >= 11 is 11.8. The van der Waals surface area contributed by atoms with Crippen LogP contribution in [0.4, 0.5) is 0 Å². The van der Waals surface area contributed by atoms with Crippen molar-refractivity contribution in [3.05, 3.63) is 40.0 Å². The van der Waals surface area contributed by atoms with Crippen LogP contribution in [-0.4, -0.2) is 4.98 Å². The van der Waals surface area contributed by atoms with Crippen LogP contribution < -0.4 is 0 Å². The predicted molar refractivity (Wildman–Crippen MR) is 56.5 cm³/mol. The number of aromatic nitrogens is 1. The number of halogens is 2. The van der Waals surface area contributed by atoms with E-state index in [9.17, 15) is 0 Å². The lowest BCUT2D eigenvalue weighted by Crippen LogP contribution is -1.82. The third kappa shape index (κ3) is 1.62. The topological polar surface area (TPSA) is 12.9 Å². The van der Waals surface area contributed by atoms with Crippen molar-refractivity contribution in [2.75, 3.05) is 0 Å². The van der Waals surface area contributed by atoms with Crippen molar-refractivity contribution < 1.29 is 0 Å². The van der Waals surface area contributed by atoms with Crippen LogP contribution in [0.25, 0.3) is 10.9 Å². The van der Waals surface area contributed by atoms with Crippen LogP contribution in [0, 0.1) is 6.92 Å². The second kappa shape index (κ2) is 3.17. The van der Waals surface area contributed by atoms with Gasteiger partial charge in [-0.15, -0.1) is 0 Å². The minimum atomic E-state index is 0.433. The van der Waals surface area contributed by atoms with Gasteiger partial charge in [-0.1, -0.05) is 35.3 Å². The lowest BCUT2D eigenvalue weighted by Gasteiger charge is -2.01. The number of hydrogen-bond donors (Lipinski definition) is 0. The third-order valence-corrected chi connectivity index (χ3v) is 2.39. The Balaban J connectivity index is 2.86. The zero-order valence-electron chi connectivity index (χ0n) is 7.01. The van der Waals surface area contributed by atoms with Crippen molar-refractivity contribution in [3.8, 4) is 0 Å². The summed E-state index contributed by atoms with van der Waals surface area (Å²) in [4.78, 5) is 4.18. The minimum absolute atomic E-state index is 0.433. The normalized spacial score (nSPS) is 10.7. The molecule has 0 amide bonds. The van der Waals surface area contributed by atoms with Crippen molar-refractivity contribution in [2.45, 2.75) is 6.92 Å². The van der Waals surface area contributed by atoms with Crippen LogP contribution >= 0.6 is 23.2 Å². The first kappa shape index (κ1) is 8.79. The van der Waals surface area contributed by atoms with E-state index in [0.717, 1.165) is 16.5 Å². The van der Waals surface area contributed by atoms with Gasteiger partial charge < -0.3 is 0 Å². The fraction of sp³-hybridized carbons (Fsp3) is 0.100. The van der Waals surface area contributed by atoms with Crippen LogP contribution in [0.2, 0.25) is 10.2 Å². The molecule has 3 heteroatoms. The molecule has 0 atom stereocenters. The molecule has 0 aliphatic heterocycles. The average molecular weight is 212 g/mol. The van der Waals surface area contributed by atoms with Gasteiger partial charge in [-0.2, -0.15) is 0 Å². The number of fused-ring (bicyclic) bond motifs is 1. The summed E-state index contributed by atoms with van der Waals surface area (Å²) in [6.07, 6.45) is 0. The van der Waals surface area contributed by atoms with E-state index in [1.54, 1.807) is 6.07 Å². The molecule has 0 saturated heterocycles. The Hall–Kier alpha value is -0.790. The molecule has 1 heterocycles. The Morgan fingerprint density at radius 1 is 1.15 bits per heavy atom. The molecule has 13 heavy (non-hydrogen) atoms. The molecule has 1 nitrogen and oxygen atoms in total. The van der Waals surface area contributed by atoms with E-state index in [2.05, 4.69) is 4.98 Å². The Bertz CT molecular complexity index is 460. The van der Waals surface area contributed by atoms with Crippen LogP contribution in [0.5, 0.6) is 0 Å². The van der Waals surface area contributed by atoms with Gasteiger partial charge in [-0.25, -0.2) is 4.98 Å². The summed E-state index contributed by atoms with van der Waals surface area (Å²) in [6, 6.07) is 7.58. The highest BCUT2D eigenvalue weighted by Crippen LogP contribution is 2.25. The van der Waals surface area contributed by atoms with Crippen molar-refractivity contribution in [3.63, 3.8) is 0 Å². The second-order valence-corrected chi connectivity index (χ2v) is 3.74. The molecule has 0 fully saturated rings. The number of benzene rings is 1. The quantitative estimate of drug-likeness (QED) is 0.604. The van der Waals surface area contributed by atoms with Gasteiger partial charge in [0.05, 0.1) is 10.5 Å². The number of rotatable bonds is 0. The zero-order chi connectivity index (χ0) is 9.42. The molecule has 1 aromatic carbocycles. The molecule has 1 aromatic heterocycles. The maximum Gasteiger partial charge on any atom is 0.131 e. The van der Waals surface area contributed by atoms with Gasteiger partial charge in [-0.3, -0.25) is 0 Å². The van der Waals surface area contributed by atoms with E-state index >= 15 is 0 Å². The summed E-state index contributed by atoms with van der Waals surface area (Å²) in [7, 11) is 0. The molecule has 0 bridgehead atoms. The molecule has 2 aromatic rings. The van der Waals surface area contributed by atoms with E-state index in [1.165, 1.54) is 0 Å². The largest absolute Gasteiger partial charge is 0.236 e. The molecule has 2 rings (SSSR count). The zero-order valence-corrected chi connectivity index (χ0v) is 8.52. The second-order valence-electron chi connectivity index (χ2n) is 2.95. The molecule has 66 valence electrons. The molecular formula is C10H7Cl2N. The minimum Gasteiger partial charge on any atom is -0.236 e. The SMILES string of the molecule is Cc1ccc2c(Cl)cc(Cl)nc2c1. The summed E-state index contributed by atoms with van der Waals surface area (Å²) in [5, 5.41) is 2.02. The van der Waals surface area contributed by atoms with Crippen LogP contribution in [0.15, 0.2) is 24.3 Å². The van der Waals surface area contributed by atoms with Crippen molar-refractivity contribution >= 4 is 34.1 Å². The van der Waals surface area contributed by atoms with Crippen LogP contribution in [0.1, 0.15) is 5.56 Å². The lowest BCUT2D eigenvalue weighted by molar-refractivity contribution is 1.39. The number of pyridine rings is 1. The maximum absolute atomic E-state index is 5.99. The maximum atomic E-state index is 5.99. The Morgan fingerprint density at radius 3 is 2.69 bits per heavy atom. The highest BCUT2D eigenvalue weighted by molar-refractivity contribution is 6.37. The van der Waals surface area contributed by atoms with E-state index in [1.807, 2.05) is 25.1 Å². The fourth-order valence-electron chi connectivity index (χ4n) is 1.27. The van der Waals surface area contributed by atoms with Gasteiger partial charge in [0.25, 0.3) is 0 Å². The Kier molecular flexibility index (Phi) is 2.14. The van der Waals surface area contributed by atoms with Crippen LogP contribution in [0.3, 0.4) is 0 Å². The van der Waals surface area contributed by atoms with E-state index in [-0.39, 0.29) is 0 Å². The van der Waals surface area contributed by atoms with Gasteiger partial charge in [0.15, 0.2) is 0 Å². The first-order valence-corrected chi connectivity index (χ1v) is 4.65.